The molecule has 0 saturated carbocycles. The van der Waals surface area contributed by atoms with Crippen LogP contribution in [0.1, 0.15) is 37.0 Å². The maximum atomic E-state index is 12.7. The fourth-order valence-electron chi connectivity index (χ4n) is 2.52. The predicted molar refractivity (Wildman–Crippen MR) is 87.9 cm³/mol. The molecule has 0 aliphatic carbocycles. The maximum absolute atomic E-state index is 12.7. The van der Waals surface area contributed by atoms with Crippen molar-refractivity contribution in [3.8, 4) is 0 Å². The van der Waals surface area contributed by atoms with Crippen molar-refractivity contribution in [3.05, 3.63) is 47.2 Å². The molecule has 0 fully saturated rings. The van der Waals surface area contributed by atoms with E-state index in [-0.39, 0.29) is 12.0 Å². The van der Waals surface area contributed by atoms with Crippen LogP contribution in [0.5, 0.6) is 0 Å². The third-order valence-electron chi connectivity index (χ3n) is 3.50. The van der Waals surface area contributed by atoms with Crippen LogP contribution in [-0.2, 0) is 10.0 Å². The SMILES string of the molecule is C=C=CC[C@@H](NS(=O)(=O)c1c(C)cc(C)cc1C)C(C)C. The molecule has 1 rings (SSSR count). The van der Waals surface area contributed by atoms with Gasteiger partial charge >= 0.3 is 0 Å². The van der Waals surface area contributed by atoms with E-state index in [4.69, 9.17) is 0 Å². The Bertz CT molecular complexity index is 630. The zero-order valence-corrected chi connectivity index (χ0v) is 14.3. The Hall–Kier alpha value is -1.35. The standard InChI is InChI=1S/C17H25NO2S/c1-7-8-9-16(12(2)3)18-21(19,20)17-14(5)10-13(4)11-15(17)6/h8,10-12,16,18H,1,9H2,2-6H3/t16-/m1/s1. The van der Waals surface area contributed by atoms with Crippen molar-refractivity contribution < 1.29 is 8.42 Å². The van der Waals surface area contributed by atoms with Gasteiger partial charge < -0.3 is 0 Å². The smallest absolute Gasteiger partial charge is 0.207 e. The summed E-state index contributed by atoms with van der Waals surface area (Å²) in [6.45, 7) is 13.2. The minimum absolute atomic E-state index is 0.163. The lowest BCUT2D eigenvalue weighted by Crippen LogP contribution is -2.38. The first-order valence-corrected chi connectivity index (χ1v) is 8.61. The first kappa shape index (κ1) is 17.7. The highest BCUT2D eigenvalue weighted by Crippen LogP contribution is 2.23. The summed E-state index contributed by atoms with van der Waals surface area (Å²) in [5.74, 6) is 0.190. The van der Waals surface area contributed by atoms with E-state index >= 15 is 0 Å². The van der Waals surface area contributed by atoms with Gasteiger partial charge in [-0.3, -0.25) is 0 Å². The molecule has 1 aromatic rings. The van der Waals surface area contributed by atoms with Crippen LogP contribution in [0.2, 0.25) is 0 Å². The van der Waals surface area contributed by atoms with Crippen LogP contribution in [0, 0.1) is 26.7 Å². The van der Waals surface area contributed by atoms with Crippen LogP contribution in [0.25, 0.3) is 0 Å². The summed E-state index contributed by atoms with van der Waals surface area (Å²) in [5, 5.41) is 0. The number of benzene rings is 1. The number of sulfonamides is 1. The van der Waals surface area contributed by atoms with Crippen molar-refractivity contribution in [1.29, 1.82) is 0 Å². The molecule has 3 nitrogen and oxygen atoms in total. The molecule has 0 radical (unpaired) electrons. The van der Waals surface area contributed by atoms with Crippen LogP contribution in [0.15, 0.2) is 35.4 Å². The molecule has 4 heteroatoms. The first-order valence-electron chi connectivity index (χ1n) is 7.13. The van der Waals surface area contributed by atoms with Gasteiger partial charge in [0, 0.05) is 6.04 Å². The Labute approximate surface area is 128 Å². The van der Waals surface area contributed by atoms with Gasteiger partial charge in [-0.15, -0.1) is 5.73 Å². The van der Waals surface area contributed by atoms with Gasteiger partial charge in [0.1, 0.15) is 0 Å². The molecule has 0 aromatic heterocycles. The molecule has 0 spiro atoms. The van der Waals surface area contributed by atoms with Gasteiger partial charge in [0.05, 0.1) is 4.90 Å². The molecule has 0 aliphatic rings. The Balaban J connectivity index is 3.19. The normalized spacial score (nSPS) is 13.0. The van der Waals surface area contributed by atoms with Crippen LogP contribution >= 0.6 is 0 Å². The summed E-state index contributed by atoms with van der Waals surface area (Å²) < 4.78 is 28.2. The summed E-state index contributed by atoms with van der Waals surface area (Å²) in [6.07, 6.45) is 2.35. The topological polar surface area (TPSA) is 46.2 Å². The second kappa shape index (κ2) is 7.08. The molecule has 0 unspecified atom stereocenters. The Morgan fingerprint density at radius 2 is 1.76 bits per heavy atom. The zero-order chi connectivity index (χ0) is 16.2. The van der Waals surface area contributed by atoms with Crippen LogP contribution in [-0.4, -0.2) is 14.5 Å². The minimum atomic E-state index is -3.53. The van der Waals surface area contributed by atoms with Crippen molar-refractivity contribution in [2.75, 3.05) is 0 Å². The molecular weight excluding hydrogens is 282 g/mol. The summed E-state index contributed by atoms with van der Waals surface area (Å²) in [7, 11) is -3.53. The fraction of sp³-hybridized carbons (Fsp3) is 0.471. The van der Waals surface area contributed by atoms with Crippen molar-refractivity contribution >= 4 is 10.0 Å². The minimum Gasteiger partial charge on any atom is -0.207 e. The van der Waals surface area contributed by atoms with Crippen molar-refractivity contribution in [2.24, 2.45) is 5.92 Å². The predicted octanol–water partition coefficient (Wildman–Crippen LogP) is 3.65. The van der Waals surface area contributed by atoms with Crippen LogP contribution < -0.4 is 4.72 Å². The quantitative estimate of drug-likeness (QED) is 0.816. The lowest BCUT2D eigenvalue weighted by Gasteiger charge is -2.22. The fourth-order valence-corrected chi connectivity index (χ4v) is 4.37. The molecule has 116 valence electrons. The van der Waals surface area contributed by atoms with E-state index in [0.717, 1.165) is 16.7 Å². The van der Waals surface area contributed by atoms with E-state index in [1.807, 2.05) is 46.8 Å². The summed E-state index contributed by atoms with van der Waals surface area (Å²) in [4.78, 5) is 0.390. The lowest BCUT2D eigenvalue weighted by atomic mass is 10.0. The van der Waals surface area contributed by atoms with Gasteiger partial charge in [-0.2, -0.15) is 0 Å². The largest absolute Gasteiger partial charge is 0.241 e. The van der Waals surface area contributed by atoms with E-state index < -0.39 is 10.0 Å². The van der Waals surface area contributed by atoms with Crippen molar-refractivity contribution in [3.63, 3.8) is 0 Å². The lowest BCUT2D eigenvalue weighted by molar-refractivity contribution is 0.451. The van der Waals surface area contributed by atoms with Gasteiger partial charge in [-0.1, -0.05) is 38.1 Å². The van der Waals surface area contributed by atoms with Gasteiger partial charge in [-0.05, 0) is 50.3 Å². The van der Waals surface area contributed by atoms with Gasteiger partial charge in [0.25, 0.3) is 0 Å². The van der Waals surface area contributed by atoms with E-state index in [1.165, 1.54) is 0 Å². The third kappa shape index (κ3) is 4.57. The average Bonchev–Trinajstić information content (AvgIpc) is 2.32. The monoisotopic (exact) mass is 307 g/mol. The van der Waals surface area contributed by atoms with E-state index in [1.54, 1.807) is 6.08 Å². The highest BCUT2D eigenvalue weighted by Gasteiger charge is 2.24. The van der Waals surface area contributed by atoms with Gasteiger partial charge in [0.2, 0.25) is 10.0 Å². The number of aryl methyl sites for hydroxylation is 3. The number of hydrogen-bond acceptors (Lipinski definition) is 2. The molecule has 1 aromatic carbocycles. The summed E-state index contributed by atoms with van der Waals surface area (Å²) in [6, 6.07) is 3.63. The highest BCUT2D eigenvalue weighted by molar-refractivity contribution is 7.89. The first-order chi connectivity index (χ1) is 9.69. The van der Waals surface area contributed by atoms with Crippen molar-refractivity contribution in [2.45, 2.75) is 52.0 Å². The molecule has 21 heavy (non-hydrogen) atoms. The second-order valence-corrected chi connectivity index (χ2v) is 7.49. The number of hydrogen-bond donors (Lipinski definition) is 1. The molecule has 0 aliphatic heterocycles. The summed E-state index contributed by atoms with van der Waals surface area (Å²) >= 11 is 0. The van der Waals surface area contributed by atoms with Crippen molar-refractivity contribution in [1.82, 2.24) is 4.72 Å². The number of nitrogens with one attached hydrogen (secondary N) is 1. The van der Waals surface area contributed by atoms with Crippen LogP contribution in [0.3, 0.4) is 0 Å². The third-order valence-corrected chi connectivity index (χ3v) is 5.30. The Morgan fingerprint density at radius 3 is 2.19 bits per heavy atom. The van der Waals surface area contributed by atoms with E-state index in [9.17, 15) is 8.42 Å². The van der Waals surface area contributed by atoms with Gasteiger partial charge in [0.15, 0.2) is 0 Å². The highest BCUT2D eigenvalue weighted by atomic mass is 32.2. The molecule has 0 heterocycles. The van der Waals surface area contributed by atoms with Crippen LogP contribution in [0.4, 0.5) is 0 Å². The molecule has 0 bridgehead atoms. The molecule has 0 amide bonds. The molecular formula is C17H25NO2S. The van der Waals surface area contributed by atoms with E-state index in [2.05, 4.69) is 17.0 Å². The molecule has 1 atom stereocenters. The molecule has 1 N–H and O–H groups in total. The zero-order valence-electron chi connectivity index (χ0n) is 13.5. The Kier molecular flexibility index (Phi) is 5.97. The van der Waals surface area contributed by atoms with E-state index in [0.29, 0.717) is 11.3 Å². The summed E-state index contributed by atoms with van der Waals surface area (Å²) in [5.41, 5.74) is 5.33. The maximum Gasteiger partial charge on any atom is 0.241 e. The Morgan fingerprint density at radius 1 is 1.24 bits per heavy atom. The average molecular weight is 307 g/mol. The van der Waals surface area contributed by atoms with Gasteiger partial charge in [-0.25, -0.2) is 13.1 Å². The second-order valence-electron chi connectivity index (χ2n) is 5.84. The molecule has 0 saturated heterocycles. The number of rotatable bonds is 6.